The lowest BCUT2D eigenvalue weighted by molar-refractivity contribution is 0.0696. The summed E-state index contributed by atoms with van der Waals surface area (Å²) < 4.78 is 11.9. The molecule has 0 spiro atoms. The average molecular weight is 419 g/mol. The molecule has 0 saturated carbocycles. The minimum atomic E-state index is -0.983. The molecule has 2 rings (SSSR count). The molecule has 4 nitrogen and oxygen atoms in total. The predicted octanol–water partition coefficient (Wildman–Crippen LogP) is 4.10. The Labute approximate surface area is 140 Å². The van der Waals surface area contributed by atoms with Gasteiger partial charge in [-0.15, -0.1) is 0 Å². The maximum atomic E-state index is 10.9. The second-order valence-electron chi connectivity index (χ2n) is 4.08. The number of carboxylic acids is 1. The summed E-state index contributed by atoms with van der Waals surface area (Å²) in [6, 6.07) is 11.9. The summed E-state index contributed by atoms with van der Waals surface area (Å²) in [5.41, 5.74) is 0.192. The number of hydrogen-bond donors (Lipinski definition) is 1. The Hall–Kier alpha value is -1.47. The average Bonchev–Trinajstić information content (AvgIpc) is 2.46. The molecule has 0 radical (unpaired) electrons. The topological polar surface area (TPSA) is 55.8 Å². The number of ether oxygens (including phenoxy) is 2. The standard InChI is InChI=1S/C15H12ClIO4/c16-11-3-1-2-4-13(11)20-7-8-21-14-9-10(15(18)19)5-6-12(14)17/h1-6,9H,7-8H2,(H,18,19). The fraction of sp³-hybridized carbons (Fsp3) is 0.133. The van der Waals surface area contributed by atoms with Crippen LogP contribution in [0.2, 0.25) is 5.02 Å². The molecule has 21 heavy (non-hydrogen) atoms. The van der Waals surface area contributed by atoms with Crippen LogP contribution in [0, 0.1) is 3.57 Å². The molecule has 2 aromatic rings. The fourth-order valence-corrected chi connectivity index (χ4v) is 2.29. The Morgan fingerprint density at radius 1 is 1.10 bits per heavy atom. The lowest BCUT2D eigenvalue weighted by Crippen LogP contribution is -2.10. The third kappa shape index (κ3) is 4.50. The van der Waals surface area contributed by atoms with E-state index in [1.165, 1.54) is 12.1 Å². The minimum absolute atomic E-state index is 0.192. The smallest absolute Gasteiger partial charge is 0.335 e. The van der Waals surface area contributed by atoms with Crippen LogP contribution in [-0.4, -0.2) is 24.3 Å². The highest BCUT2D eigenvalue weighted by Crippen LogP contribution is 2.24. The molecule has 6 heteroatoms. The first-order chi connectivity index (χ1) is 10.1. The second-order valence-corrected chi connectivity index (χ2v) is 5.65. The fourth-order valence-electron chi connectivity index (χ4n) is 1.61. The van der Waals surface area contributed by atoms with Gasteiger partial charge in [-0.25, -0.2) is 4.79 Å². The van der Waals surface area contributed by atoms with E-state index in [1.807, 2.05) is 12.1 Å². The molecule has 0 aliphatic heterocycles. The first-order valence-electron chi connectivity index (χ1n) is 6.11. The van der Waals surface area contributed by atoms with Gasteiger partial charge in [0.25, 0.3) is 0 Å². The van der Waals surface area contributed by atoms with Crippen LogP contribution in [0.3, 0.4) is 0 Å². The van der Waals surface area contributed by atoms with Crippen LogP contribution in [-0.2, 0) is 0 Å². The normalized spacial score (nSPS) is 10.2. The van der Waals surface area contributed by atoms with E-state index in [0.29, 0.717) is 29.7 Å². The molecule has 0 bridgehead atoms. The van der Waals surface area contributed by atoms with E-state index in [1.54, 1.807) is 18.2 Å². The van der Waals surface area contributed by atoms with Gasteiger partial charge in [0.15, 0.2) is 0 Å². The number of carboxylic acid groups (broad SMARTS) is 1. The molecule has 110 valence electrons. The number of para-hydroxylation sites is 1. The van der Waals surface area contributed by atoms with Crippen molar-refractivity contribution < 1.29 is 19.4 Å². The molecular weight excluding hydrogens is 407 g/mol. The van der Waals surface area contributed by atoms with Crippen molar-refractivity contribution in [2.75, 3.05) is 13.2 Å². The molecule has 0 saturated heterocycles. The van der Waals surface area contributed by atoms with Crippen LogP contribution in [0.5, 0.6) is 11.5 Å². The van der Waals surface area contributed by atoms with Gasteiger partial charge in [-0.05, 0) is 52.9 Å². The van der Waals surface area contributed by atoms with E-state index >= 15 is 0 Å². The van der Waals surface area contributed by atoms with Crippen molar-refractivity contribution in [1.29, 1.82) is 0 Å². The number of benzene rings is 2. The van der Waals surface area contributed by atoms with Crippen molar-refractivity contribution in [3.63, 3.8) is 0 Å². The summed E-state index contributed by atoms with van der Waals surface area (Å²) in [7, 11) is 0. The van der Waals surface area contributed by atoms with E-state index < -0.39 is 5.97 Å². The van der Waals surface area contributed by atoms with E-state index in [-0.39, 0.29) is 5.56 Å². The number of hydrogen-bond acceptors (Lipinski definition) is 3. The summed E-state index contributed by atoms with van der Waals surface area (Å²) >= 11 is 8.06. The summed E-state index contributed by atoms with van der Waals surface area (Å²) in [6.07, 6.45) is 0. The van der Waals surface area contributed by atoms with E-state index in [2.05, 4.69) is 22.6 Å². The molecule has 0 unspecified atom stereocenters. The Bertz CT molecular complexity index is 645. The SMILES string of the molecule is O=C(O)c1ccc(I)c(OCCOc2ccccc2Cl)c1. The Kier molecular flexibility index (Phi) is 5.69. The van der Waals surface area contributed by atoms with Crippen LogP contribution in [0.25, 0.3) is 0 Å². The Balaban J connectivity index is 1.90. The third-order valence-electron chi connectivity index (χ3n) is 2.61. The Morgan fingerprint density at radius 3 is 2.43 bits per heavy atom. The molecule has 0 fully saturated rings. The first-order valence-corrected chi connectivity index (χ1v) is 7.56. The lowest BCUT2D eigenvalue weighted by Gasteiger charge is -2.11. The van der Waals surface area contributed by atoms with Gasteiger partial charge >= 0.3 is 5.97 Å². The highest BCUT2D eigenvalue weighted by Gasteiger charge is 2.08. The van der Waals surface area contributed by atoms with Crippen molar-refractivity contribution in [2.24, 2.45) is 0 Å². The van der Waals surface area contributed by atoms with Crippen LogP contribution in [0.1, 0.15) is 10.4 Å². The third-order valence-corrected chi connectivity index (χ3v) is 3.82. The largest absolute Gasteiger partial charge is 0.489 e. The van der Waals surface area contributed by atoms with E-state index in [9.17, 15) is 4.79 Å². The Morgan fingerprint density at radius 2 is 1.76 bits per heavy atom. The predicted molar refractivity (Wildman–Crippen MR) is 88.6 cm³/mol. The molecule has 0 amide bonds. The van der Waals surface area contributed by atoms with Crippen molar-refractivity contribution in [2.45, 2.75) is 0 Å². The summed E-state index contributed by atoms with van der Waals surface area (Å²) in [6.45, 7) is 0.613. The molecular formula is C15H12ClIO4. The van der Waals surface area contributed by atoms with E-state index in [4.69, 9.17) is 26.2 Å². The number of carbonyl (C=O) groups is 1. The number of halogens is 2. The maximum absolute atomic E-state index is 10.9. The summed E-state index contributed by atoms with van der Waals surface area (Å²) in [4.78, 5) is 10.9. The lowest BCUT2D eigenvalue weighted by atomic mass is 10.2. The van der Waals surface area contributed by atoms with Gasteiger partial charge in [0.05, 0.1) is 14.2 Å². The molecule has 0 heterocycles. The molecule has 0 aliphatic rings. The summed E-state index contributed by atoms with van der Waals surface area (Å²) in [5, 5.41) is 9.50. The zero-order valence-corrected chi connectivity index (χ0v) is 13.8. The van der Waals surface area contributed by atoms with Gasteiger partial charge in [-0.3, -0.25) is 0 Å². The highest BCUT2D eigenvalue weighted by atomic mass is 127. The van der Waals surface area contributed by atoms with Crippen molar-refractivity contribution in [3.05, 3.63) is 56.6 Å². The molecule has 0 aliphatic carbocycles. The van der Waals surface area contributed by atoms with Crippen LogP contribution in [0.15, 0.2) is 42.5 Å². The maximum Gasteiger partial charge on any atom is 0.335 e. The van der Waals surface area contributed by atoms with Crippen LogP contribution < -0.4 is 9.47 Å². The monoisotopic (exact) mass is 418 g/mol. The molecule has 0 aromatic heterocycles. The van der Waals surface area contributed by atoms with Gasteiger partial charge in [-0.2, -0.15) is 0 Å². The zero-order valence-electron chi connectivity index (χ0n) is 10.9. The van der Waals surface area contributed by atoms with E-state index in [0.717, 1.165) is 3.57 Å². The minimum Gasteiger partial charge on any atom is -0.489 e. The van der Waals surface area contributed by atoms with Gasteiger partial charge in [0.2, 0.25) is 0 Å². The van der Waals surface area contributed by atoms with Gasteiger partial charge in [0, 0.05) is 0 Å². The zero-order chi connectivity index (χ0) is 15.2. The van der Waals surface area contributed by atoms with Crippen molar-refractivity contribution >= 4 is 40.2 Å². The van der Waals surface area contributed by atoms with Crippen LogP contribution >= 0.6 is 34.2 Å². The summed E-state index contributed by atoms with van der Waals surface area (Å²) in [5.74, 6) is 0.138. The highest BCUT2D eigenvalue weighted by molar-refractivity contribution is 14.1. The van der Waals surface area contributed by atoms with Gasteiger partial charge in [-0.1, -0.05) is 23.7 Å². The van der Waals surface area contributed by atoms with Crippen molar-refractivity contribution in [3.8, 4) is 11.5 Å². The number of aromatic carboxylic acids is 1. The molecule has 2 aromatic carbocycles. The molecule has 0 atom stereocenters. The van der Waals surface area contributed by atoms with Gasteiger partial charge in [0.1, 0.15) is 24.7 Å². The quantitative estimate of drug-likeness (QED) is 0.567. The molecule has 1 N–H and O–H groups in total. The van der Waals surface area contributed by atoms with Gasteiger partial charge < -0.3 is 14.6 Å². The van der Waals surface area contributed by atoms with Crippen molar-refractivity contribution in [1.82, 2.24) is 0 Å². The van der Waals surface area contributed by atoms with Crippen LogP contribution in [0.4, 0.5) is 0 Å². The number of rotatable bonds is 6. The second kappa shape index (κ2) is 7.51. The first kappa shape index (κ1) is 15.9.